The van der Waals surface area contributed by atoms with Gasteiger partial charge in [-0.25, -0.2) is 19.8 Å². The van der Waals surface area contributed by atoms with Crippen LogP contribution in [0.25, 0.3) is 18.2 Å². The number of aliphatic hydroxyl groups is 1. The van der Waals surface area contributed by atoms with Gasteiger partial charge in [-0.05, 0) is 130 Å². The topological polar surface area (TPSA) is 126 Å². The third-order valence-corrected chi connectivity index (χ3v) is 13.6. The zero-order valence-corrected chi connectivity index (χ0v) is 40.3. The summed E-state index contributed by atoms with van der Waals surface area (Å²) < 4.78 is 11.0. The van der Waals surface area contributed by atoms with Crippen LogP contribution in [0.5, 0.6) is 0 Å². The molecular weight excluding hydrogens is 797 g/mol. The quantitative estimate of drug-likeness (QED) is 0.0814. The fourth-order valence-electron chi connectivity index (χ4n) is 9.54. The Labute approximate surface area is 381 Å². The van der Waals surface area contributed by atoms with Crippen molar-refractivity contribution in [2.75, 3.05) is 13.7 Å². The largest absolute Gasteiger partial charge is 0.510 e. The molecule has 340 valence electrons. The van der Waals surface area contributed by atoms with Gasteiger partial charge in [-0.15, -0.1) is 0 Å². The van der Waals surface area contributed by atoms with Gasteiger partial charge in [0.05, 0.1) is 41.3 Å². The molecule has 3 atom stereocenters. The monoisotopic (exact) mass is 867 g/mol. The van der Waals surface area contributed by atoms with Crippen molar-refractivity contribution in [1.82, 2.24) is 4.98 Å². The second-order valence-electron chi connectivity index (χ2n) is 18.8. The summed E-state index contributed by atoms with van der Waals surface area (Å²) in [5, 5.41) is 13.6. The fourth-order valence-corrected chi connectivity index (χ4v) is 9.54. The highest BCUT2D eigenvalue weighted by molar-refractivity contribution is 6.28. The number of aromatic amines is 1. The Morgan fingerprint density at radius 1 is 0.875 bits per heavy atom. The minimum absolute atomic E-state index is 0.144. The van der Waals surface area contributed by atoms with E-state index in [1.807, 2.05) is 45.1 Å². The molecule has 0 fully saturated rings. The van der Waals surface area contributed by atoms with E-state index in [2.05, 4.69) is 66.1 Å². The molecule has 0 saturated heterocycles. The summed E-state index contributed by atoms with van der Waals surface area (Å²) >= 11 is 0. The van der Waals surface area contributed by atoms with Gasteiger partial charge in [0.15, 0.2) is 0 Å². The number of esters is 2. The maximum Gasteiger partial charge on any atom is 0.331 e. The van der Waals surface area contributed by atoms with Crippen LogP contribution < -0.4 is 10.7 Å². The normalized spacial score (nSPS) is 19.4. The molecule has 1 aromatic heterocycles. The van der Waals surface area contributed by atoms with Crippen molar-refractivity contribution in [3.8, 4) is 0 Å². The highest BCUT2D eigenvalue weighted by atomic mass is 16.5. The summed E-state index contributed by atoms with van der Waals surface area (Å²) in [7, 11) is 1.30. The van der Waals surface area contributed by atoms with Gasteiger partial charge in [-0.2, -0.15) is 0 Å². The van der Waals surface area contributed by atoms with E-state index in [-0.39, 0.29) is 12.4 Å². The number of nitrogens with one attached hydrogen (secondary N) is 1. The van der Waals surface area contributed by atoms with Crippen LogP contribution in [0, 0.1) is 30.6 Å². The number of hydrogen-bond acceptors (Lipinski definition) is 8. The number of rotatable bonds is 19. The van der Waals surface area contributed by atoms with Crippen LogP contribution in [-0.2, 0) is 19.1 Å². The summed E-state index contributed by atoms with van der Waals surface area (Å²) in [5.74, 6) is -0.137. The Balaban J connectivity index is 1.25. The first kappa shape index (κ1) is 47.9. The lowest BCUT2D eigenvalue weighted by Gasteiger charge is -2.15. The number of aromatic nitrogens is 1. The molecule has 1 aromatic rings. The fraction of sp³-hybridized carbons (Fsp3) is 0.473. The Morgan fingerprint density at radius 2 is 1.53 bits per heavy atom. The predicted molar refractivity (Wildman–Crippen MR) is 263 cm³/mol. The lowest BCUT2D eigenvalue weighted by molar-refractivity contribution is -0.143. The van der Waals surface area contributed by atoms with Gasteiger partial charge < -0.3 is 19.6 Å². The van der Waals surface area contributed by atoms with Gasteiger partial charge in [-0.3, -0.25) is 4.79 Å². The zero-order valence-electron chi connectivity index (χ0n) is 40.3. The van der Waals surface area contributed by atoms with Gasteiger partial charge in [0.2, 0.25) is 0 Å². The highest BCUT2D eigenvalue weighted by Crippen LogP contribution is 2.47. The van der Waals surface area contributed by atoms with Crippen molar-refractivity contribution in [2.24, 2.45) is 38.6 Å². The minimum Gasteiger partial charge on any atom is -0.510 e. The molecule has 8 bridgehead atoms. The summed E-state index contributed by atoms with van der Waals surface area (Å²) in [5.41, 5.74) is 12.1. The molecule has 6 rings (SSSR count). The second-order valence-corrected chi connectivity index (χ2v) is 18.8. The summed E-state index contributed by atoms with van der Waals surface area (Å²) in [6.45, 7) is 25.8. The van der Waals surface area contributed by atoms with E-state index < -0.39 is 17.9 Å². The first-order valence-electron chi connectivity index (χ1n) is 23.5. The van der Waals surface area contributed by atoms with Crippen molar-refractivity contribution < 1.29 is 24.2 Å². The molecule has 9 heteroatoms. The number of fused-ring (bicyclic) bond motifs is 5. The Morgan fingerprint density at radius 3 is 2.19 bits per heavy atom. The van der Waals surface area contributed by atoms with Crippen LogP contribution >= 0.6 is 0 Å². The van der Waals surface area contributed by atoms with Gasteiger partial charge in [-0.1, -0.05) is 97.8 Å². The zero-order chi connectivity index (χ0) is 46.4. The number of aliphatic hydroxyl groups excluding tert-OH is 1. The van der Waals surface area contributed by atoms with E-state index in [4.69, 9.17) is 24.5 Å². The first-order valence-corrected chi connectivity index (χ1v) is 23.5. The van der Waals surface area contributed by atoms with E-state index in [1.54, 1.807) is 6.08 Å². The summed E-state index contributed by atoms with van der Waals surface area (Å²) in [6.07, 6.45) is 24.9. The Bertz CT molecular complexity index is 2570. The minimum atomic E-state index is -1.17. The molecule has 2 unspecified atom stereocenters. The molecule has 4 aliphatic heterocycles. The molecule has 0 aromatic carbocycles. The number of methoxy groups -OCH3 is 1. The van der Waals surface area contributed by atoms with E-state index in [1.165, 1.54) is 63.7 Å². The number of aliphatic imine (C=N–C) groups is 3. The molecule has 5 heterocycles. The third-order valence-electron chi connectivity index (χ3n) is 13.6. The van der Waals surface area contributed by atoms with Crippen molar-refractivity contribution in [1.29, 1.82) is 0 Å². The number of ether oxygens (including phenoxy) is 2. The third kappa shape index (κ3) is 10.3. The molecular formula is C55H70N4O5. The van der Waals surface area contributed by atoms with Gasteiger partial charge in [0, 0.05) is 39.1 Å². The molecule has 2 N–H and O–H groups in total. The van der Waals surface area contributed by atoms with E-state index in [0.29, 0.717) is 51.0 Å². The molecule has 0 spiro atoms. The Kier molecular flexibility index (Phi) is 15.7. The molecule has 0 saturated carbocycles. The number of hydrogen-bond donors (Lipinski definition) is 2. The van der Waals surface area contributed by atoms with Gasteiger partial charge in [0.1, 0.15) is 18.3 Å². The number of nitrogens with zero attached hydrogens (tertiary/aromatic N) is 3. The molecule has 0 radical (unpaired) electrons. The van der Waals surface area contributed by atoms with Crippen LogP contribution in [-0.4, -0.2) is 52.9 Å². The second kappa shape index (κ2) is 21.0. The van der Waals surface area contributed by atoms with Crippen LogP contribution in [0.3, 0.4) is 0 Å². The highest BCUT2D eigenvalue weighted by Gasteiger charge is 2.47. The molecule has 9 nitrogen and oxygen atoms in total. The van der Waals surface area contributed by atoms with E-state index in [0.717, 1.165) is 81.1 Å². The first-order chi connectivity index (χ1) is 30.6. The van der Waals surface area contributed by atoms with Gasteiger partial charge >= 0.3 is 11.9 Å². The van der Waals surface area contributed by atoms with Crippen LogP contribution in [0.1, 0.15) is 138 Å². The number of carbonyl (C=O) groups is 2. The van der Waals surface area contributed by atoms with Crippen LogP contribution in [0.4, 0.5) is 0 Å². The van der Waals surface area contributed by atoms with Gasteiger partial charge in [0.25, 0.3) is 0 Å². The average molecular weight is 867 g/mol. The van der Waals surface area contributed by atoms with E-state index >= 15 is 0 Å². The SMILES string of the molecule is C=Cc1c(C)c2[nH]c1=CC1=NC(=CC3=C(C)C4=C(O)[C@H](C(=O)OC)C(=C5N=C(C=2)C(C)=C5/C=C/C(=O)OC/C=C(\C)CCCC(C)CCCC(C)CCCC(C)C)C4=N3)C(CC)=C1C. The van der Waals surface area contributed by atoms with E-state index in [9.17, 15) is 14.7 Å². The van der Waals surface area contributed by atoms with Crippen molar-refractivity contribution in [2.45, 2.75) is 133 Å². The number of H-pyrrole nitrogens is 1. The van der Waals surface area contributed by atoms with Crippen molar-refractivity contribution >= 4 is 47.3 Å². The number of carbonyl (C=O) groups excluding carboxylic acids is 2. The van der Waals surface area contributed by atoms with Crippen molar-refractivity contribution in [3.63, 3.8) is 0 Å². The lowest BCUT2D eigenvalue weighted by Crippen LogP contribution is -2.20. The number of allylic oxidation sites excluding steroid dienone is 8. The average Bonchev–Trinajstić information content (AvgIpc) is 3.99. The van der Waals surface area contributed by atoms with Crippen LogP contribution in [0.2, 0.25) is 0 Å². The summed E-state index contributed by atoms with van der Waals surface area (Å²) in [6, 6.07) is 0. The van der Waals surface area contributed by atoms with Crippen molar-refractivity contribution in [3.05, 3.63) is 120 Å². The van der Waals surface area contributed by atoms with Crippen LogP contribution in [0.15, 0.2) is 113 Å². The molecule has 0 amide bonds. The maximum absolute atomic E-state index is 13.6. The summed E-state index contributed by atoms with van der Waals surface area (Å²) in [4.78, 5) is 45.8. The standard InChI is InChI=1S/C55H70N4O5/c1-13-39-35(8)42-28-44-37(10)41(24-25-48(60)64-27-26-34(7)23-17-22-33(6)21-16-20-32(5)19-15-18-31(3)4)52(58-44)50-51(55(62)63-12)54(61)49-38(11)45(59-53(49)50)30-47-40(14-2)36(9)43(57-47)29-46(39)56-42/h13,24-26,28-33,51,56,61H,1,14-23,27H2,2-12H3/b25-24+,34-26+,42-28?,46-29?,47-30?,52-50?/t32?,33?,51-/m1/s1. The predicted octanol–water partition coefficient (Wildman–Crippen LogP) is 11.5. The Hall–Kier alpha value is -5.57. The molecule has 1 aliphatic carbocycles. The lowest BCUT2D eigenvalue weighted by atomic mass is 9.91. The molecule has 64 heavy (non-hydrogen) atoms. The molecule has 5 aliphatic rings. The maximum atomic E-state index is 13.6. The smallest absolute Gasteiger partial charge is 0.331 e.